The average Bonchev–Trinajstić information content (AvgIpc) is 2.93. The molecule has 1 aliphatic heterocycles. The van der Waals surface area contributed by atoms with Gasteiger partial charge in [-0.1, -0.05) is 70.3 Å². The molecule has 0 saturated carbocycles. The van der Waals surface area contributed by atoms with Gasteiger partial charge in [0.15, 0.2) is 12.2 Å². The maximum atomic E-state index is 13.7. The van der Waals surface area contributed by atoms with E-state index in [-0.39, 0.29) is 13.2 Å². The van der Waals surface area contributed by atoms with Crippen molar-refractivity contribution in [1.29, 1.82) is 0 Å². The number of hydrogen-bond donors (Lipinski definition) is 1. The molecule has 1 saturated heterocycles. The topological polar surface area (TPSA) is 202 Å². The van der Waals surface area contributed by atoms with Crippen LogP contribution in [0, 0.1) is 0 Å². The van der Waals surface area contributed by atoms with Crippen LogP contribution >= 0.6 is 16.1 Å². The number of benzene rings is 2. The number of phosphoric ester groups is 1. The van der Waals surface area contributed by atoms with Crippen molar-refractivity contribution in [3.8, 4) is 0 Å². The molecule has 1 aliphatic rings. The van der Waals surface area contributed by atoms with Crippen molar-refractivity contribution in [2.75, 3.05) is 6.61 Å². The number of azide groups is 1. The Bertz CT molecular complexity index is 1230. The van der Waals surface area contributed by atoms with Gasteiger partial charge in [-0.15, -0.1) is 4.89 Å². The number of phosphoric acid groups is 1. The fourth-order valence-corrected chi connectivity index (χ4v) is 5.30. The number of ether oxygens (including phenoxy) is 3. The Morgan fingerprint density at radius 2 is 1.46 bits per heavy atom. The summed E-state index contributed by atoms with van der Waals surface area (Å²) in [6.07, 6.45) is -6.20. The molecule has 1 N–H and O–H groups in total. The van der Waals surface area contributed by atoms with Crippen molar-refractivity contribution in [2.45, 2.75) is 57.7 Å². The van der Waals surface area contributed by atoms with E-state index in [0.717, 1.165) is 13.8 Å². The van der Waals surface area contributed by atoms with Gasteiger partial charge in [-0.2, -0.15) is 0 Å². The molecule has 15 nitrogen and oxygen atoms in total. The lowest BCUT2D eigenvalue weighted by Crippen LogP contribution is -2.60. The Balaban J connectivity index is 1.88. The van der Waals surface area contributed by atoms with Crippen LogP contribution in [0.25, 0.3) is 10.4 Å². The van der Waals surface area contributed by atoms with E-state index in [1.165, 1.54) is 0 Å². The zero-order valence-corrected chi connectivity index (χ0v) is 23.7. The van der Waals surface area contributed by atoms with Crippen LogP contribution in [0.1, 0.15) is 25.0 Å². The molecule has 3 rings (SSSR count). The Morgan fingerprint density at radius 3 is 1.93 bits per heavy atom. The first-order valence-electron chi connectivity index (χ1n) is 12.1. The van der Waals surface area contributed by atoms with Crippen molar-refractivity contribution in [3.05, 3.63) is 82.2 Å². The van der Waals surface area contributed by atoms with Gasteiger partial charge in [0.25, 0.3) is 0 Å². The highest BCUT2D eigenvalue weighted by atomic mass is 31.2. The fraction of sp³-hybridized carbons (Fsp3) is 0.417. The van der Waals surface area contributed by atoms with Gasteiger partial charge in [-0.3, -0.25) is 23.2 Å². The molecule has 0 amide bonds. The van der Waals surface area contributed by atoms with Gasteiger partial charge in [-0.25, -0.2) is 4.57 Å². The minimum atomic E-state index is -4.36. The summed E-state index contributed by atoms with van der Waals surface area (Å²) in [5, 5.41) is 3.46. The van der Waals surface area contributed by atoms with Crippen molar-refractivity contribution >= 4 is 28.0 Å². The monoisotopic (exact) mass is 612 g/mol. The number of nitrogens with zero attached hydrogens (tertiary/aromatic N) is 3. The Hall–Kier alpha value is -3.22. The van der Waals surface area contributed by atoms with E-state index in [0.29, 0.717) is 11.1 Å². The molecule has 2 aromatic carbocycles. The maximum Gasteiger partial charge on any atom is 0.697 e. The predicted molar refractivity (Wildman–Crippen MR) is 140 cm³/mol. The Labute approximate surface area is 235 Å². The minimum Gasteiger partial charge on any atom is -0.458 e. The first-order chi connectivity index (χ1) is 19.6. The van der Waals surface area contributed by atoms with E-state index in [4.69, 9.17) is 37.8 Å². The van der Waals surface area contributed by atoms with Crippen LogP contribution in [0.4, 0.5) is 0 Å². The molecule has 6 atom stereocenters. The van der Waals surface area contributed by atoms with Crippen molar-refractivity contribution in [2.24, 2.45) is 5.11 Å². The quantitative estimate of drug-likeness (QED) is 0.103. The molecule has 1 heterocycles. The second kappa shape index (κ2) is 15.7. The van der Waals surface area contributed by atoms with Crippen LogP contribution in [-0.4, -0.2) is 54.1 Å². The van der Waals surface area contributed by atoms with Crippen LogP contribution in [0.3, 0.4) is 0 Å². The highest BCUT2D eigenvalue weighted by molar-refractivity contribution is 7.48. The van der Waals surface area contributed by atoms with Crippen LogP contribution in [0.15, 0.2) is 65.8 Å². The molecule has 0 aromatic heterocycles. The van der Waals surface area contributed by atoms with Crippen molar-refractivity contribution < 1.29 is 55.9 Å². The van der Waals surface area contributed by atoms with Crippen LogP contribution in [-0.2, 0) is 64.2 Å². The molecule has 4 unspecified atom stereocenters. The minimum absolute atomic E-state index is 0.155. The summed E-state index contributed by atoms with van der Waals surface area (Å²) in [7, 11) is -7.65. The zero-order valence-electron chi connectivity index (χ0n) is 22.0. The lowest BCUT2D eigenvalue weighted by molar-refractivity contribution is -0.250. The summed E-state index contributed by atoms with van der Waals surface area (Å²) in [6.45, 7) is 1.14. The largest absolute Gasteiger partial charge is 0.697 e. The smallest absolute Gasteiger partial charge is 0.458 e. The highest BCUT2D eigenvalue weighted by Crippen LogP contribution is 2.51. The molecule has 0 aliphatic carbocycles. The van der Waals surface area contributed by atoms with Crippen LogP contribution in [0.5, 0.6) is 0 Å². The van der Waals surface area contributed by atoms with Gasteiger partial charge >= 0.3 is 28.0 Å². The fourth-order valence-electron chi connectivity index (χ4n) is 3.78. The molecular weight excluding hydrogens is 584 g/mol. The number of hydrogen-bond acceptors (Lipinski definition) is 12. The average molecular weight is 612 g/mol. The third-order valence-corrected chi connectivity index (χ3v) is 7.20. The summed E-state index contributed by atoms with van der Waals surface area (Å²) in [5.41, 5.74) is 10.4. The molecule has 2 aromatic rings. The van der Waals surface area contributed by atoms with Gasteiger partial charge in [0.1, 0.15) is 12.1 Å². The van der Waals surface area contributed by atoms with E-state index in [1.54, 1.807) is 60.7 Å². The standard InChI is InChI=1S/C24H27N3O12P2/c1-16(28)36-22-20(38-24(39-40(30)31)21(26-27-25)23(22)37-17(2)29)15-35-41(32,33-13-18-9-5-3-6-10-18)34-14-19-11-7-4-8-12-19/h3-12,20-24H,13-15H2,1-2H3/p+1/t20?,21?,22-,23?,24-/m1/s1. The number of carbonyl (C=O) groups is 2. The van der Waals surface area contributed by atoms with Crippen LogP contribution < -0.4 is 0 Å². The van der Waals surface area contributed by atoms with Gasteiger partial charge in [0, 0.05) is 23.3 Å². The number of carbonyl (C=O) groups excluding carboxylic acids is 2. The van der Waals surface area contributed by atoms with Crippen molar-refractivity contribution in [3.63, 3.8) is 0 Å². The normalized spacial score (nSPS) is 22.7. The zero-order chi connectivity index (χ0) is 29.8. The lowest BCUT2D eigenvalue weighted by Gasteiger charge is -2.41. The van der Waals surface area contributed by atoms with E-state index < -0.39 is 65.3 Å². The van der Waals surface area contributed by atoms with Gasteiger partial charge in [0.2, 0.25) is 6.29 Å². The number of esters is 2. The molecule has 41 heavy (non-hydrogen) atoms. The first-order valence-corrected chi connectivity index (χ1v) is 14.7. The summed E-state index contributed by atoms with van der Waals surface area (Å²) in [6, 6.07) is 16.0. The highest BCUT2D eigenvalue weighted by Gasteiger charge is 2.53. The SMILES string of the molecule is CC(=O)OC1C(N=[N+]=[N-])[C@@H](O[P+](=O)O)OC(COP(=O)(OCc2ccccc2)OCc2ccccc2)[C@H]1OC(C)=O. The first kappa shape index (κ1) is 32.3. The third kappa shape index (κ3) is 10.3. The third-order valence-electron chi connectivity index (χ3n) is 5.46. The summed E-state index contributed by atoms with van der Waals surface area (Å²) in [4.78, 5) is 35.8. The summed E-state index contributed by atoms with van der Waals surface area (Å²) >= 11 is 0. The van der Waals surface area contributed by atoms with E-state index >= 15 is 0 Å². The Morgan fingerprint density at radius 1 is 0.951 bits per heavy atom. The molecular formula is C24H28N3O12P2+. The molecule has 220 valence electrons. The Kier molecular flexibility index (Phi) is 12.4. The number of rotatable bonds is 14. The molecule has 0 spiro atoms. The second-order valence-electron chi connectivity index (χ2n) is 8.49. The van der Waals surface area contributed by atoms with Gasteiger partial charge in [-0.05, 0) is 16.7 Å². The maximum absolute atomic E-state index is 13.7. The predicted octanol–water partition coefficient (Wildman–Crippen LogP) is 4.48. The summed E-state index contributed by atoms with van der Waals surface area (Å²) in [5.74, 6) is -1.70. The molecule has 0 radical (unpaired) electrons. The molecule has 17 heteroatoms. The van der Waals surface area contributed by atoms with E-state index in [9.17, 15) is 23.6 Å². The molecule has 1 fully saturated rings. The van der Waals surface area contributed by atoms with Crippen LogP contribution in [0.2, 0.25) is 0 Å². The molecule has 0 bridgehead atoms. The van der Waals surface area contributed by atoms with Crippen molar-refractivity contribution in [1.82, 2.24) is 0 Å². The van der Waals surface area contributed by atoms with E-state index in [2.05, 4.69) is 10.0 Å². The van der Waals surface area contributed by atoms with Gasteiger partial charge in [0.05, 0.1) is 19.8 Å². The summed E-state index contributed by atoms with van der Waals surface area (Å²) < 4.78 is 63.0. The van der Waals surface area contributed by atoms with E-state index in [1.807, 2.05) is 0 Å². The van der Waals surface area contributed by atoms with Gasteiger partial charge < -0.3 is 14.2 Å². The lowest BCUT2D eigenvalue weighted by atomic mass is 9.97. The second-order valence-corrected chi connectivity index (χ2v) is 10.8.